The van der Waals surface area contributed by atoms with Gasteiger partial charge < -0.3 is 14.9 Å². The molecule has 0 amide bonds. The van der Waals surface area contributed by atoms with Gasteiger partial charge in [-0.1, -0.05) is 24.8 Å². The number of rotatable bonds is 4. The second kappa shape index (κ2) is 8.49. The lowest BCUT2D eigenvalue weighted by Gasteiger charge is -2.01. The van der Waals surface area contributed by atoms with Gasteiger partial charge in [-0.2, -0.15) is 0 Å². The van der Waals surface area contributed by atoms with Crippen LogP contribution in [0.4, 0.5) is 0 Å². The van der Waals surface area contributed by atoms with Gasteiger partial charge in [-0.05, 0) is 19.1 Å². The summed E-state index contributed by atoms with van der Waals surface area (Å²) in [5, 5.41) is 16.3. The van der Waals surface area contributed by atoms with E-state index in [-0.39, 0.29) is 12.2 Å². The van der Waals surface area contributed by atoms with Crippen LogP contribution in [0.1, 0.15) is 6.92 Å². The van der Waals surface area contributed by atoms with Gasteiger partial charge in [-0.15, -0.1) is 0 Å². The molecule has 0 radical (unpaired) electrons. The number of aliphatic hydroxyl groups is 1. The second-order valence-corrected chi connectivity index (χ2v) is 2.97. The Balaban J connectivity index is 0.000000325. The van der Waals surface area contributed by atoms with E-state index in [1.54, 1.807) is 0 Å². The predicted molar refractivity (Wildman–Crippen MR) is 61.5 cm³/mol. The molecule has 0 bridgehead atoms. The third-order valence-corrected chi connectivity index (χ3v) is 1.47. The van der Waals surface area contributed by atoms with Crippen LogP contribution in [0, 0.1) is 0 Å². The zero-order chi connectivity index (χ0) is 12.4. The highest BCUT2D eigenvalue weighted by atomic mass is 16.5. The molecule has 4 heteroatoms. The quantitative estimate of drug-likeness (QED) is 0.764. The molecule has 0 spiro atoms. The molecule has 0 aromatic heterocycles. The maximum atomic E-state index is 9.60. The molecule has 4 nitrogen and oxygen atoms in total. The molecule has 1 aromatic carbocycles. The maximum absolute atomic E-state index is 9.60. The molecule has 16 heavy (non-hydrogen) atoms. The van der Waals surface area contributed by atoms with Crippen LogP contribution in [0.15, 0.2) is 42.5 Å². The fraction of sp³-hybridized carbons (Fsp3) is 0.250. The fourth-order valence-corrected chi connectivity index (χ4v) is 0.680. The van der Waals surface area contributed by atoms with Crippen molar-refractivity contribution in [2.24, 2.45) is 0 Å². The highest BCUT2D eigenvalue weighted by Crippen LogP contribution is 2.06. The highest BCUT2D eigenvalue weighted by Gasteiger charge is 1.90. The van der Waals surface area contributed by atoms with Crippen molar-refractivity contribution in [2.75, 3.05) is 13.2 Å². The molecule has 0 atom stereocenters. The van der Waals surface area contributed by atoms with E-state index in [2.05, 4.69) is 6.58 Å². The normalized spacial score (nSPS) is 8.62. The van der Waals surface area contributed by atoms with Crippen LogP contribution in [0.2, 0.25) is 0 Å². The van der Waals surface area contributed by atoms with Crippen LogP contribution in [0.25, 0.3) is 0 Å². The number of carboxylic acids is 1. The molecular formula is C12H16O4. The van der Waals surface area contributed by atoms with Crippen molar-refractivity contribution in [3.8, 4) is 5.75 Å². The Hall–Kier alpha value is -1.81. The van der Waals surface area contributed by atoms with Gasteiger partial charge in [0, 0.05) is 5.57 Å². The molecule has 2 N–H and O–H groups in total. The van der Waals surface area contributed by atoms with Crippen molar-refractivity contribution in [2.45, 2.75) is 6.92 Å². The van der Waals surface area contributed by atoms with Crippen molar-refractivity contribution in [1.82, 2.24) is 0 Å². The molecule has 0 unspecified atom stereocenters. The van der Waals surface area contributed by atoms with Crippen LogP contribution in [-0.2, 0) is 4.79 Å². The molecule has 0 saturated heterocycles. The zero-order valence-electron chi connectivity index (χ0n) is 9.22. The Kier molecular flexibility index (Phi) is 7.53. The lowest BCUT2D eigenvalue weighted by Crippen LogP contribution is -2.00. The summed E-state index contributed by atoms with van der Waals surface area (Å²) >= 11 is 0. The van der Waals surface area contributed by atoms with Crippen molar-refractivity contribution in [3.05, 3.63) is 42.5 Å². The minimum absolute atomic E-state index is 0.0644. The zero-order valence-corrected chi connectivity index (χ0v) is 9.22. The summed E-state index contributed by atoms with van der Waals surface area (Å²) in [4.78, 5) is 9.60. The molecule has 88 valence electrons. The van der Waals surface area contributed by atoms with Crippen molar-refractivity contribution < 1.29 is 19.7 Å². The maximum Gasteiger partial charge on any atom is 0.330 e. The first-order valence-electron chi connectivity index (χ1n) is 4.75. The number of aliphatic hydroxyl groups excluding tert-OH is 1. The Bertz CT molecular complexity index is 307. The Labute approximate surface area is 94.8 Å². The van der Waals surface area contributed by atoms with E-state index in [1.165, 1.54) is 6.92 Å². The van der Waals surface area contributed by atoms with Gasteiger partial charge in [0.15, 0.2) is 0 Å². The van der Waals surface area contributed by atoms with Crippen LogP contribution in [0.3, 0.4) is 0 Å². The van der Waals surface area contributed by atoms with Gasteiger partial charge in [-0.25, -0.2) is 4.79 Å². The standard InChI is InChI=1S/C8H10O2.C4H6O2/c9-6-7-10-8-4-2-1-3-5-8;1-3(2)4(5)6/h1-5,9H,6-7H2;1H2,2H3,(H,5,6). The van der Waals surface area contributed by atoms with Crippen molar-refractivity contribution >= 4 is 5.97 Å². The van der Waals surface area contributed by atoms with Crippen LogP contribution >= 0.6 is 0 Å². The molecule has 0 heterocycles. The monoisotopic (exact) mass is 224 g/mol. The molecule has 0 fully saturated rings. The number of hydrogen-bond acceptors (Lipinski definition) is 3. The largest absolute Gasteiger partial charge is 0.491 e. The third kappa shape index (κ3) is 7.58. The van der Waals surface area contributed by atoms with Crippen LogP contribution < -0.4 is 4.74 Å². The number of ether oxygens (including phenoxy) is 1. The van der Waals surface area contributed by atoms with Crippen molar-refractivity contribution in [3.63, 3.8) is 0 Å². The molecule has 0 aliphatic carbocycles. The van der Waals surface area contributed by atoms with E-state index >= 15 is 0 Å². The lowest BCUT2D eigenvalue weighted by atomic mass is 10.3. The Morgan fingerprint density at radius 2 is 1.88 bits per heavy atom. The number of aliphatic carboxylic acids is 1. The molecular weight excluding hydrogens is 208 g/mol. The third-order valence-electron chi connectivity index (χ3n) is 1.47. The molecule has 0 saturated carbocycles. The minimum atomic E-state index is -0.935. The Morgan fingerprint density at radius 3 is 2.25 bits per heavy atom. The predicted octanol–water partition coefficient (Wildman–Crippen LogP) is 1.70. The Morgan fingerprint density at radius 1 is 1.38 bits per heavy atom. The summed E-state index contributed by atoms with van der Waals surface area (Å²) < 4.78 is 5.11. The van der Waals surface area contributed by atoms with Gasteiger partial charge >= 0.3 is 5.97 Å². The van der Waals surface area contributed by atoms with Crippen LogP contribution in [-0.4, -0.2) is 29.4 Å². The number of carbonyl (C=O) groups is 1. The van der Waals surface area contributed by atoms with Gasteiger partial charge in [0.1, 0.15) is 12.4 Å². The first kappa shape index (κ1) is 14.2. The van der Waals surface area contributed by atoms with Crippen LogP contribution in [0.5, 0.6) is 5.75 Å². The number of benzene rings is 1. The SMILES string of the molecule is C=C(C)C(=O)O.OCCOc1ccccc1. The number of carboxylic acid groups (broad SMARTS) is 1. The molecule has 1 aromatic rings. The van der Waals surface area contributed by atoms with Gasteiger partial charge in [0.2, 0.25) is 0 Å². The molecule has 0 aliphatic heterocycles. The second-order valence-electron chi connectivity index (χ2n) is 2.97. The van der Waals surface area contributed by atoms with Gasteiger partial charge in [0.25, 0.3) is 0 Å². The van der Waals surface area contributed by atoms with Crippen molar-refractivity contribution in [1.29, 1.82) is 0 Å². The summed E-state index contributed by atoms with van der Waals surface area (Å²) in [7, 11) is 0. The van der Waals surface area contributed by atoms with E-state index in [4.69, 9.17) is 14.9 Å². The van der Waals surface area contributed by atoms with E-state index in [9.17, 15) is 4.79 Å². The topological polar surface area (TPSA) is 66.8 Å². The fourth-order valence-electron chi connectivity index (χ4n) is 0.680. The van der Waals surface area contributed by atoms with E-state index in [1.807, 2.05) is 30.3 Å². The summed E-state index contributed by atoms with van der Waals surface area (Å²) in [6.45, 7) is 5.03. The molecule has 1 rings (SSSR count). The first-order valence-corrected chi connectivity index (χ1v) is 4.75. The van der Waals surface area contributed by atoms with Gasteiger partial charge in [0.05, 0.1) is 6.61 Å². The minimum Gasteiger partial charge on any atom is -0.491 e. The van der Waals surface area contributed by atoms with Gasteiger partial charge in [-0.3, -0.25) is 0 Å². The summed E-state index contributed by atoms with van der Waals surface area (Å²) in [5.74, 6) is -0.133. The average Bonchev–Trinajstić information content (AvgIpc) is 2.28. The van der Waals surface area contributed by atoms with E-state index < -0.39 is 5.97 Å². The molecule has 0 aliphatic rings. The van der Waals surface area contributed by atoms with E-state index in [0.717, 1.165) is 5.75 Å². The summed E-state index contributed by atoms with van der Waals surface area (Å²) in [5.41, 5.74) is 0.176. The summed E-state index contributed by atoms with van der Waals surface area (Å²) in [6.07, 6.45) is 0. The number of para-hydroxylation sites is 1. The lowest BCUT2D eigenvalue weighted by molar-refractivity contribution is -0.132. The highest BCUT2D eigenvalue weighted by molar-refractivity contribution is 5.84. The number of hydrogen-bond donors (Lipinski definition) is 2. The smallest absolute Gasteiger partial charge is 0.330 e. The summed E-state index contributed by atoms with van der Waals surface area (Å²) in [6, 6.07) is 9.43. The van der Waals surface area contributed by atoms with E-state index in [0.29, 0.717) is 6.61 Å². The average molecular weight is 224 g/mol. The first-order chi connectivity index (χ1) is 7.57.